The SMILES string of the molecule is COc1ccc([C@H](CC(=O)c2ccc(C)cc2)Nc2ccc(Br)cc2)cc1. The Hall–Kier alpha value is -2.59. The highest BCUT2D eigenvalue weighted by Crippen LogP contribution is 2.27. The lowest BCUT2D eigenvalue weighted by atomic mass is 9.97. The Morgan fingerprint density at radius 1 is 0.963 bits per heavy atom. The maximum absolute atomic E-state index is 12.8. The normalized spacial score (nSPS) is 11.7. The van der Waals surface area contributed by atoms with Crippen molar-refractivity contribution in [2.24, 2.45) is 0 Å². The number of halogens is 1. The second kappa shape index (κ2) is 8.87. The summed E-state index contributed by atoms with van der Waals surface area (Å²) in [5.41, 5.74) is 3.89. The van der Waals surface area contributed by atoms with Gasteiger partial charge in [0.05, 0.1) is 13.2 Å². The third kappa shape index (κ3) is 5.20. The molecule has 4 heteroatoms. The smallest absolute Gasteiger partial charge is 0.165 e. The van der Waals surface area contributed by atoms with Crippen LogP contribution >= 0.6 is 15.9 Å². The molecule has 0 heterocycles. The van der Waals surface area contributed by atoms with Crippen molar-refractivity contribution in [3.05, 3.63) is 94.0 Å². The van der Waals surface area contributed by atoms with E-state index in [1.54, 1.807) is 7.11 Å². The Kier molecular flexibility index (Phi) is 6.30. The molecular formula is C23H22BrNO2. The van der Waals surface area contributed by atoms with Crippen LogP contribution in [0.15, 0.2) is 77.3 Å². The summed E-state index contributed by atoms with van der Waals surface area (Å²) in [6.45, 7) is 2.02. The van der Waals surface area contributed by atoms with Gasteiger partial charge in [-0.3, -0.25) is 4.79 Å². The first-order chi connectivity index (χ1) is 13.0. The van der Waals surface area contributed by atoms with Crippen molar-refractivity contribution >= 4 is 27.4 Å². The lowest BCUT2D eigenvalue weighted by Gasteiger charge is -2.20. The molecule has 3 aromatic rings. The van der Waals surface area contributed by atoms with Gasteiger partial charge < -0.3 is 10.1 Å². The Labute approximate surface area is 168 Å². The lowest BCUT2D eigenvalue weighted by Crippen LogP contribution is -2.16. The highest BCUT2D eigenvalue weighted by Gasteiger charge is 2.17. The predicted molar refractivity (Wildman–Crippen MR) is 114 cm³/mol. The van der Waals surface area contributed by atoms with Gasteiger partial charge in [0.25, 0.3) is 0 Å². The van der Waals surface area contributed by atoms with Crippen molar-refractivity contribution in [3.8, 4) is 5.75 Å². The van der Waals surface area contributed by atoms with Gasteiger partial charge in [0.1, 0.15) is 5.75 Å². The predicted octanol–water partition coefficient (Wildman–Crippen LogP) is 6.19. The largest absolute Gasteiger partial charge is 0.497 e. The second-order valence-corrected chi connectivity index (χ2v) is 7.39. The molecule has 0 fully saturated rings. The Morgan fingerprint density at radius 2 is 1.59 bits per heavy atom. The number of carbonyl (C=O) groups is 1. The maximum Gasteiger partial charge on any atom is 0.165 e. The summed E-state index contributed by atoms with van der Waals surface area (Å²) in [5.74, 6) is 0.909. The molecule has 1 atom stereocenters. The highest BCUT2D eigenvalue weighted by atomic mass is 79.9. The lowest BCUT2D eigenvalue weighted by molar-refractivity contribution is 0.0976. The number of carbonyl (C=O) groups excluding carboxylic acids is 1. The first-order valence-electron chi connectivity index (χ1n) is 8.81. The van der Waals surface area contributed by atoms with Crippen molar-refractivity contribution in [1.82, 2.24) is 0 Å². The number of hydrogen-bond acceptors (Lipinski definition) is 3. The molecule has 27 heavy (non-hydrogen) atoms. The monoisotopic (exact) mass is 423 g/mol. The standard InChI is InChI=1S/C23H22BrNO2/c1-16-3-5-18(6-4-16)23(26)15-22(17-7-13-21(27-2)14-8-17)25-20-11-9-19(24)10-12-20/h3-14,22,25H,15H2,1-2H3/t22-/m0/s1. The van der Waals surface area contributed by atoms with Crippen LogP contribution in [0, 0.1) is 6.92 Å². The molecule has 0 aromatic heterocycles. The third-order valence-corrected chi connectivity index (χ3v) is 5.00. The van der Waals surface area contributed by atoms with Crippen LogP contribution in [-0.2, 0) is 0 Å². The Morgan fingerprint density at radius 3 is 2.19 bits per heavy atom. The summed E-state index contributed by atoms with van der Waals surface area (Å²) in [4.78, 5) is 12.8. The van der Waals surface area contributed by atoms with Gasteiger partial charge in [-0.2, -0.15) is 0 Å². The summed E-state index contributed by atoms with van der Waals surface area (Å²) in [5, 5.41) is 3.49. The van der Waals surface area contributed by atoms with E-state index in [1.807, 2.05) is 79.7 Å². The number of anilines is 1. The average Bonchev–Trinajstić information content (AvgIpc) is 2.69. The van der Waals surface area contributed by atoms with Crippen LogP contribution in [-0.4, -0.2) is 12.9 Å². The van der Waals surface area contributed by atoms with E-state index in [2.05, 4.69) is 21.2 Å². The third-order valence-electron chi connectivity index (χ3n) is 4.47. The van der Waals surface area contributed by atoms with Gasteiger partial charge in [-0.05, 0) is 48.9 Å². The minimum absolute atomic E-state index is 0.112. The molecule has 0 spiro atoms. The van der Waals surface area contributed by atoms with Crippen LogP contribution in [0.5, 0.6) is 5.75 Å². The van der Waals surface area contributed by atoms with Crippen molar-refractivity contribution < 1.29 is 9.53 Å². The van der Waals surface area contributed by atoms with Crippen molar-refractivity contribution in [2.75, 3.05) is 12.4 Å². The molecule has 0 bridgehead atoms. The molecule has 0 aliphatic carbocycles. The minimum atomic E-state index is -0.133. The van der Waals surface area contributed by atoms with E-state index < -0.39 is 0 Å². The van der Waals surface area contributed by atoms with Gasteiger partial charge >= 0.3 is 0 Å². The van der Waals surface area contributed by atoms with Gasteiger partial charge in [0.15, 0.2) is 5.78 Å². The van der Waals surface area contributed by atoms with E-state index >= 15 is 0 Å². The number of ketones is 1. The molecule has 3 rings (SSSR count). The van der Waals surface area contributed by atoms with E-state index in [1.165, 1.54) is 0 Å². The summed E-state index contributed by atoms with van der Waals surface area (Å²) < 4.78 is 6.27. The number of Topliss-reactive ketones (excluding diaryl/α,β-unsaturated/α-hetero) is 1. The molecule has 0 unspecified atom stereocenters. The quantitative estimate of drug-likeness (QED) is 0.460. The maximum atomic E-state index is 12.8. The molecule has 0 aliphatic rings. The fraction of sp³-hybridized carbons (Fsp3) is 0.174. The summed E-state index contributed by atoms with van der Waals surface area (Å²) in [7, 11) is 1.65. The number of benzene rings is 3. The van der Waals surface area contributed by atoms with E-state index in [0.29, 0.717) is 6.42 Å². The summed E-state index contributed by atoms with van der Waals surface area (Å²) in [6, 6.07) is 23.4. The highest BCUT2D eigenvalue weighted by molar-refractivity contribution is 9.10. The molecule has 138 valence electrons. The van der Waals surface area contributed by atoms with E-state index in [0.717, 1.165) is 32.6 Å². The molecular weight excluding hydrogens is 402 g/mol. The van der Waals surface area contributed by atoms with E-state index in [9.17, 15) is 4.79 Å². The van der Waals surface area contributed by atoms with Crippen LogP contribution < -0.4 is 10.1 Å². The van der Waals surface area contributed by atoms with Crippen molar-refractivity contribution in [1.29, 1.82) is 0 Å². The summed E-state index contributed by atoms with van der Waals surface area (Å²) in [6.07, 6.45) is 0.367. The first kappa shape index (κ1) is 19.2. The van der Waals surface area contributed by atoms with Crippen LogP contribution in [0.3, 0.4) is 0 Å². The molecule has 3 nitrogen and oxygen atoms in total. The van der Waals surface area contributed by atoms with E-state index in [-0.39, 0.29) is 11.8 Å². The second-order valence-electron chi connectivity index (χ2n) is 6.47. The average molecular weight is 424 g/mol. The Balaban J connectivity index is 1.84. The molecule has 0 radical (unpaired) electrons. The van der Waals surface area contributed by atoms with Gasteiger partial charge in [0, 0.05) is 22.1 Å². The van der Waals surface area contributed by atoms with Gasteiger partial charge in [-0.25, -0.2) is 0 Å². The van der Waals surface area contributed by atoms with Gasteiger partial charge in [-0.1, -0.05) is 57.9 Å². The fourth-order valence-corrected chi connectivity index (χ4v) is 3.14. The number of ether oxygens (including phenoxy) is 1. The molecule has 1 N–H and O–H groups in total. The number of nitrogens with one attached hydrogen (secondary N) is 1. The molecule has 0 saturated carbocycles. The number of aryl methyl sites for hydroxylation is 1. The Bertz CT molecular complexity index is 887. The molecule has 0 amide bonds. The van der Waals surface area contributed by atoms with Crippen LogP contribution in [0.1, 0.15) is 33.9 Å². The zero-order valence-corrected chi connectivity index (χ0v) is 17.0. The number of hydrogen-bond donors (Lipinski definition) is 1. The summed E-state index contributed by atoms with van der Waals surface area (Å²) >= 11 is 3.45. The van der Waals surface area contributed by atoms with E-state index in [4.69, 9.17) is 4.74 Å². The number of rotatable bonds is 7. The number of methoxy groups -OCH3 is 1. The molecule has 0 saturated heterocycles. The zero-order chi connectivity index (χ0) is 19.2. The topological polar surface area (TPSA) is 38.3 Å². The van der Waals surface area contributed by atoms with Crippen molar-refractivity contribution in [3.63, 3.8) is 0 Å². The van der Waals surface area contributed by atoms with Crippen molar-refractivity contribution in [2.45, 2.75) is 19.4 Å². The van der Waals surface area contributed by atoms with Gasteiger partial charge in [-0.15, -0.1) is 0 Å². The molecule has 3 aromatic carbocycles. The van der Waals surface area contributed by atoms with Gasteiger partial charge in [0.2, 0.25) is 0 Å². The minimum Gasteiger partial charge on any atom is -0.497 e. The fourth-order valence-electron chi connectivity index (χ4n) is 2.88. The zero-order valence-electron chi connectivity index (χ0n) is 15.4. The van der Waals surface area contributed by atoms with Crippen LogP contribution in [0.25, 0.3) is 0 Å². The van der Waals surface area contributed by atoms with Crippen LogP contribution in [0.4, 0.5) is 5.69 Å². The molecule has 0 aliphatic heterocycles. The van der Waals surface area contributed by atoms with Crippen LogP contribution in [0.2, 0.25) is 0 Å². The first-order valence-corrected chi connectivity index (χ1v) is 9.60.